The highest BCUT2D eigenvalue weighted by Gasteiger charge is 2.12. The largest absolute Gasteiger partial charge is 0.497 e. The van der Waals surface area contributed by atoms with Crippen LogP contribution in [0.5, 0.6) is 5.75 Å². The number of hydrogen-bond donors (Lipinski definition) is 1. The minimum absolute atomic E-state index is 0.669. The molecule has 0 bridgehead atoms. The number of nitrogens with zero attached hydrogens (tertiary/aromatic N) is 1. The van der Waals surface area contributed by atoms with E-state index in [1.165, 1.54) is 11.3 Å². The van der Waals surface area contributed by atoms with Crippen LogP contribution in [0.25, 0.3) is 21.5 Å². The molecule has 0 fully saturated rings. The van der Waals surface area contributed by atoms with Crippen LogP contribution in [0.1, 0.15) is 9.67 Å². The number of anilines is 1. The fourth-order valence-electron chi connectivity index (χ4n) is 2.28. The zero-order valence-corrected chi connectivity index (χ0v) is 12.5. The summed E-state index contributed by atoms with van der Waals surface area (Å²) in [5, 5.41) is 4.03. The summed E-state index contributed by atoms with van der Waals surface area (Å²) in [6.07, 6.45) is 0.864. The van der Waals surface area contributed by atoms with Crippen LogP contribution in [0.4, 0.5) is 5.69 Å². The first-order valence-corrected chi connectivity index (χ1v) is 7.29. The predicted molar refractivity (Wildman–Crippen MR) is 86.5 cm³/mol. The molecule has 3 rings (SSSR count). The number of carbonyl (C=O) groups is 1. The zero-order valence-electron chi connectivity index (χ0n) is 11.7. The van der Waals surface area contributed by atoms with Gasteiger partial charge in [-0.1, -0.05) is 12.1 Å². The van der Waals surface area contributed by atoms with E-state index in [9.17, 15) is 4.79 Å². The SMILES string of the molecule is CNc1c(C=O)sc2nc(-c3cccc(OC)c3)ccc12. The van der Waals surface area contributed by atoms with Gasteiger partial charge >= 0.3 is 0 Å². The fraction of sp³-hybridized carbons (Fsp3) is 0.125. The van der Waals surface area contributed by atoms with E-state index in [4.69, 9.17) is 4.74 Å². The topological polar surface area (TPSA) is 51.2 Å². The molecule has 0 radical (unpaired) electrons. The van der Waals surface area contributed by atoms with Gasteiger partial charge in [0.2, 0.25) is 0 Å². The maximum Gasteiger partial charge on any atom is 0.162 e. The minimum atomic E-state index is 0.669. The quantitative estimate of drug-likeness (QED) is 0.744. The van der Waals surface area contributed by atoms with Crippen LogP contribution in [0, 0.1) is 0 Å². The van der Waals surface area contributed by atoms with E-state index in [1.807, 2.05) is 43.4 Å². The normalized spacial score (nSPS) is 10.6. The monoisotopic (exact) mass is 298 g/mol. The van der Waals surface area contributed by atoms with Gasteiger partial charge in [-0.05, 0) is 24.3 Å². The first-order valence-electron chi connectivity index (χ1n) is 6.47. The van der Waals surface area contributed by atoms with Gasteiger partial charge in [0.25, 0.3) is 0 Å². The van der Waals surface area contributed by atoms with Gasteiger partial charge in [0.05, 0.1) is 23.4 Å². The van der Waals surface area contributed by atoms with Crippen molar-refractivity contribution in [2.45, 2.75) is 0 Å². The van der Waals surface area contributed by atoms with Gasteiger partial charge in [-0.15, -0.1) is 11.3 Å². The van der Waals surface area contributed by atoms with Crippen molar-refractivity contribution in [1.29, 1.82) is 0 Å². The minimum Gasteiger partial charge on any atom is -0.497 e. The fourth-order valence-corrected chi connectivity index (χ4v) is 3.27. The van der Waals surface area contributed by atoms with E-state index in [1.54, 1.807) is 7.11 Å². The number of hydrogen-bond acceptors (Lipinski definition) is 5. The van der Waals surface area contributed by atoms with E-state index in [0.29, 0.717) is 4.88 Å². The standard InChI is InChI=1S/C16H14N2O2S/c1-17-15-12-6-7-13(18-16(12)21-14(15)9-19)10-4-3-5-11(8-10)20-2/h3-9,17H,1-2H3. The van der Waals surface area contributed by atoms with Crippen LogP contribution in [0.15, 0.2) is 36.4 Å². The van der Waals surface area contributed by atoms with Crippen molar-refractivity contribution in [1.82, 2.24) is 4.98 Å². The lowest BCUT2D eigenvalue weighted by atomic mass is 10.1. The second kappa shape index (κ2) is 5.54. The van der Waals surface area contributed by atoms with E-state index in [-0.39, 0.29) is 0 Å². The van der Waals surface area contributed by atoms with Crippen LogP contribution < -0.4 is 10.1 Å². The number of aromatic nitrogens is 1. The van der Waals surface area contributed by atoms with Crippen molar-refractivity contribution in [2.24, 2.45) is 0 Å². The van der Waals surface area contributed by atoms with E-state index in [2.05, 4.69) is 10.3 Å². The van der Waals surface area contributed by atoms with Crippen LogP contribution in [-0.2, 0) is 0 Å². The number of thiophene rings is 1. The molecule has 3 aromatic rings. The van der Waals surface area contributed by atoms with Gasteiger partial charge in [-0.3, -0.25) is 4.79 Å². The Bertz CT molecular complexity index is 811. The third-order valence-corrected chi connectivity index (χ3v) is 4.33. The van der Waals surface area contributed by atoms with E-state index in [0.717, 1.165) is 39.2 Å². The van der Waals surface area contributed by atoms with Gasteiger partial charge in [-0.2, -0.15) is 0 Å². The van der Waals surface area contributed by atoms with E-state index < -0.39 is 0 Å². The lowest BCUT2D eigenvalue weighted by Gasteiger charge is -2.04. The van der Waals surface area contributed by atoms with Crippen molar-refractivity contribution >= 4 is 33.5 Å². The maximum atomic E-state index is 11.1. The summed E-state index contributed by atoms with van der Waals surface area (Å²) in [6.45, 7) is 0. The molecule has 5 heteroatoms. The highest BCUT2D eigenvalue weighted by Crippen LogP contribution is 2.35. The lowest BCUT2D eigenvalue weighted by molar-refractivity contribution is 0.112. The second-order valence-corrected chi connectivity index (χ2v) is 5.52. The van der Waals surface area contributed by atoms with Crippen LogP contribution >= 0.6 is 11.3 Å². The Morgan fingerprint density at radius 1 is 1.29 bits per heavy atom. The second-order valence-electron chi connectivity index (χ2n) is 4.49. The summed E-state index contributed by atoms with van der Waals surface area (Å²) in [5.74, 6) is 0.796. The third kappa shape index (κ3) is 2.36. The molecule has 0 aliphatic carbocycles. The number of rotatable bonds is 4. The first kappa shape index (κ1) is 13.6. The summed E-state index contributed by atoms with van der Waals surface area (Å²) < 4.78 is 5.24. The van der Waals surface area contributed by atoms with Crippen LogP contribution in [0.2, 0.25) is 0 Å². The molecule has 0 unspecified atom stereocenters. The first-order chi connectivity index (χ1) is 10.3. The Morgan fingerprint density at radius 2 is 2.14 bits per heavy atom. The Kier molecular flexibility index (Phi) is 3.58. The molecule has 106 valence electrons. The van der Waals surface area contributed by atoms with Gasteiger partial charge < -0.3 is 10.1 Å². The molecule has 4 nitrogen and oxygen atoms in total. The number of ether oxygens (including phenoxy) is 1. The smallest absolute Gasteiger partial charge is 0.162 e. The highest BCUT2D eigenvalue weighted by atomic mass is 32.1. The maximum absolute atomic E-state index is 11.1. The molecule has 1 N–H and O–H groups in total. The Hall–Kier alpha value is -2.40. The number of nitrogens with one attached hydrogen (secondary N) is 1. The molecule has 0 saturated carbocycles. The van der Waals surface area contributed by atoms with Gasteiger partial charge in [0, 0.05) is 18.0 Å². The molecule has 0 spiro atoms. The average molecular weight is 298 g/mol. The molecule has 0 aliphatic rings. The number of carbonyl (C=O) groups excluding carboxylic acids is 1. The molecule has 0 saturated heterocycles. The lowest BCUT2D eigenvalue weighted by Crippen LogP contribution is -1.90. The number of methoxy groups -OCH3 is 1. The molecule has 0 atom stereocenters. The molecule has 2 heterocycles. The predicted octanol–water partition coefficient (Wildman–Crippen LogP) is 3.83. The van der Waals surface area contributed by atoms with Crippen LogP contribution in [0.3, 0.4) is 0 Å². The molecule has 21 heavy (non-hydrogen) atoms. The molecule has 0 aliphatic heterocycles. The number of aldehydes is 1. The van der Waals surface area contributed by atoms with Crippen molar-refractivity contribution in [3.8, 4) is 17.0 Å². The summed E-state index contributed by atoms with van der Waals surface area (Å²) in [5.41, 5.74) is 2.70. The molecular weight excluding hydrogens is 284 g/mol. The third-order valence-electron chi connectivity index (χ3n) is 3.31. The van der Waals surface area contributed by atoms with Gasteiger partial charge in [0.1, 0.15) is 10.6 Å². The highest BCUT2D eigenvalue weighted by molar-refractivity contribution is 7.20. The van der Waals surface area contributed by atoms with Crippen molar-refractivity contribution < 1.29 is 9.53 Å². The van der Waals surface area contributed by atoms with Gasteiger partial charge in [-0.25, -0.2) is 4.98 Å². The summed E-state index contributed by atoms with van der Waals surface area (Å²) in [7, 11) is 3.45. The molecule has 0 amide bonds. The molecular formula is C16H14N2O2S. The Labute approximate surface area is 126 Å². The number of pyridine rings is 1. The molecule has 2 aromatic heterocycles. The Morgan fingerprint density at radius 3 is 2.86 bits per heavy atom. The Balaban J connectivity index is 2.14. The van der Waals surface area contributed by atoms with Crippen molar-refractivity contribution in [3.63, 3.8) is 0 Å². The van der Waals surface area contributed by atoms with Gasteiger partial charge in [0.15, 0.2) is 6.29 Å². The average Bonchev–Trinajstić information content (AvgIpc) is 2.91. The van der Waals surface area contributed by atoms with Crippen molar-refractivity contribution in [2.75, 3.05) is 19.5 Å². The zero-order chi connectivity index (χ0) is 14.8. The summed E-state index contributed by atoms with van der Waals surface area (Å²) in [6, 6.07) is 11.7. The summed E-state index contributed by atoms with van der Waals surface area (Å²) in [4.78, 5) is 17.3. The number of fused-ring (bicyclic) bond motifs is 1. The van der Waals surface area contributed by atoms with Crippen molar-refractivity contribution in [3.05, 3.63) is 41.3 Å². The summed E-state index contributed by atoms with van der Waals surface area (Å²) >= 11 is 1.39. The molecule has 1 aromatic carbocycles. The van der Waals surface area contributed by atoms with E-state index >= 15 is 0 Å². The number of benzene rings is 1. The van der Waals surface area contributed by atoms with Crippen LogP contribution in [-0.4, -0.2) is 25.4 Å².